The lowest BCUT2D eigenvalue weighted by molar-refractivity contribution is -0.117. The molecule has 0 fully saturated rings. The van der Waals surface area contributed by atoms with Crippen molar-refractivity contribution in [3.8, 4) is 0 Å². The van der Waals surface area contributed by atoms with Gasteiger partial charge in [0.25, 0.3) is 0 Å². The highest BCUT2D eigenvalue weighted by molar-refractivity contribution is 6.28. The molecule has 0 bridgehead atoms. The van der Waals surface area contributed by atoms with Crippen LogP contribution in [0.1, 0.15) is 24.8 Å². The van der Waals surface area contributed by atoms with E-state index in [1.54, 1.807) is 6.07 Å². The molecular formula is C14H14ClN3O. The van der Waals surface area contributed by atoms with Crippen molar-refractivity contribution in [2.45, 2.75) is 19.3 Å². The molecule has 1 N–H and O–H groups in total. The number of rotatable bonds is 4. The zero-order chi connectivity index (χ0) is 13.7. The highest BCUT2D eigenvalue weighted by Gasteiger charge is 2.18. The van der Waals surface area contributed by atoms with Gasteiger partial charge in [0, 0.05) is 6.20 Å². The lowest BCUT2D eigenvalue weighted by Crippen LogP contribution is -2.21. The van der Waals surface area contributed by atoms with E-state index in [2.05, 4.69) is 15.3 Å². The molecule has 1 atom stereocenters. The molecule has 0 saturated heterocycles. The number of nitrogens with one attached hydrogen (secondary N) is 1. The summed E-state index contributed by atoms with van der Waals surface area (Å²) in [5.74, 6) is 0.123. The van der Waals surface area contributed by atoms with Gasteiger partial charge in [0.05, 0.1) is 5.92 Å². The van der Waals surface area contributed by atoms with E-state index in [1.807, 2.05) is 37.3 Å². The molecule has 1 aromatic carbocycles. The highest BCUT2D eigenvalue weighted by Crippen LogP contribution is 2.21. The van der Waals surface area contributed by atoms with Crippen LogP contribution in [0, 0.1) is 0 Å². The summed E-state index contributed by atoms with van der Waals surface area (Å²) in [6.45, 7) is 1.98. The summed E-state index contributed by atoms with van der Waals surface area (Å²) in [6, 6.07) is 11.3. The summed E-state index contributed by atoms with van der Waals surface area (Å²) < 4.78 is 0. The van der Waals surface area contributed by atoms with Crippen molar-refractivity contribution < 1.29 is 4.79 Å². The van der Waals surface area contributed by atoms with E-state index in [-0.39, 0.29) is 17.1 Å². The molecule has 1 unspecified atom stereocenters. The minimum Gasteiger partial charge on any atom is -0.310 e. The van der Waals surface area contributed by atoms with Crippen LogP contribution in [0.3, 0.4) is 0 Å². The Balaban J connectivity index is 2.14. The van der Waals surface area contributed by atoms with Crippen molar-refractivity contribution in [1.82, 2.24) is 9.97 Å². The molecule has 2 rings (SSSR count). The maximum absolute atomic E-state index is 12.2. The Morgan fingerprint density at radius 2 is 2.05 bits per heavy atom. The van der Waals surface area contributed by atoms with Crippen LogP contribution in [0.4, 0.5) is 5.82 Å². The third-order valence-electron chi connectivity index (χ3n) is 2.80. The molecule has 4 nitrogen and oxygen atoms in total. The molecule has 2 aromatic rings. The smallest absolute Gasteiger partial charge is 0.233 e. The lowest BCUT2D eigenvalue weighted by atomic mass is 9.96. The number of carbonyl (C=O) groups is 1. The summed E-state index contributed by atoms with van der Waals surface area (Å²) >= 11 is 5.69. The maximum Gasteiger partial charge on any atom is 0.233 e. The van der Waals surface area contributed by atoms with Crippen molar-refractivity contribution in [3.05, 3.63) is 53.4 Å². The van der Waals surface area contributed by atoms with Gasteiger partial charge in [-0.2, -0.15) is 0 Å². The molecule has 5 heteroatoms. The molecule has 0 saturated carbocycles. The SMILES string of the molecule is CCC(C(=O)Nc1ccnc(Cl)n1)c1ccccc1. The fraction of sp³-hybridized carbons (Fsp3) is 0.214. The zero-order valence-electron chi connectivity index (χ0n) is 10.5. The van der Waals surface area contributed by atoms with Crippen molar-refractivity contribution in [1.29, 1.82) is 0 Å². The molecule has 19 heavy (non-hydrogen) atoms. The number of benzene rings is 1. The Hall–Kier alpha value is -1.94. The first kappa shape index (κ1) is 13.5. The average Bonchev–Trinajstić information content (AvgIpc) is 2.41. The lowest BCUT2D eigenvalue weighted by Gasteiger charge is -2.14. The normalized spacial score (nSPS) is 11.9. The van der Waals surface area contributed by atoms with Crippen LogP contribution in [0.5, 0.6) is 0 Å². The minimum absolute atomic E-state index is 0.0940. The van der Waals surface area contributed by atoms with Crippen LogP contribution >= 0.6 is 11.6 Å². The largest absolute Gasteiger partial charge is 0.310 e. The topological polar surface area (TPSA) is 54.9 Å². The number of amides is 1. The van der Waals surface area contributed by atoms with Gasteiger partial charge >= 0.3 is 0 Å². The van der Waals surface area contributed by atoms with Gasteiger partial charge in [-0.15, -0.1) is 0 Å². The standard InChI is InChI=1S/C14H14ClN3O/c1-2-11(10-6-4-3-5-7-10)13(19)17-12-8-9-16-14(15)18-12/h3-9,11H,2H2,1H3,(H,16,17,18,19). The Morgan fingerprint density at radius 1 is 1.32 bits per heavy atom. The monoisotopic (exact) mass is 275 g/mol. The average molecular weight is 276 g/mol. The third kappa shape index (κ3) is 3.51. The van der Waals surface area contributed by atoms with Gasteiger partial charge in [0.15, 0.2) is 0 Å². The first-order valence-electron chi connectivity index (χ1n) is 6.05. The predicted octanol–water partition coefficient (Wildman–Crippen LogP) is 3.26. The molecule has 0 aliphatic heterocycles. The Bertz CT molecular complexity index is 560. The van der Waals surface area contributed by atoms with Crippen LogP contribution in [0.25, 0.3) is 0 Å². The first-order chi connectivity index (χ1) is 9.20. The summed E-state index contributed by atoms with van der Waals surface area (Å²) in [5.41, 5.74) is 0.989. The van der Waals surface area contributed by atoms with Crippen LogP contribution in [-0.4, -0.2) is 15.9 Å². The second kappa shape index (κ2) is 6.29. The van der Waals surface area contributed by atoms with Crippen molar-refractivity contribution >= 4 is 23.3 Å². The summed E-state index contributed by atoms with van der Waals surface area (Å²) in [7, 11) is 0. The number of aromatic nitrogens is 2. The Labute approximate surface area is 116 Å². The minimum atomic E-state index is -0.199. The van der Waals surface area contributed by atoms with Crippen LogP contribution in [0.15, 0.2) is 42.6 Å². The molecular weight excluding hydrogens is 262 g/mol. The second-order valence-corrected chi connectivity index (χ2v) is 4.41. The van der Waals surface area contributed by atoms with Gasteiger partial charge in [0.1, 0.15) is 5.82 Å². The van der Waals surface area contributed by atoms with E-state index in [4.69, 9.17) is 11.6 Å². The van der Waals surface area contributed by atoms with Crippen LogP contribution in [0.2, 0.25) is 5.28 Å². The maximum atomic E-state index is 12.2. The second-order valence-electron chi connectivity index (χ2n) is 4.07. The van der Waals surface area contributed by atoms with E-state index in [1.165, 1.54) is 6.20 Å². The Morgan fingerprint density at radius 3 is 2.68 bits per heavy atom. The van der Waals surface area contributed by atoms with Crippen molar-refractivity contribution in [2.75, 3.05) is 5.32 Å². The molecule has 0 spiro atoms. The van der Waals surface area contributed by atoms with Gasteiger partial charge in [0.2, 0.25) is 11.2 Å². The molecule has 98 valence electrons. The summed E-state index contributed by atoms with van der Waals surface area (Å²) in [4.78, 5) is 20.0. The van der Waals surface area contributed by atoms with Crippen molar-refractivity contribution in [2.24, 2.45) is 0 Å². The van der Waals surface area contributed by atoms with E-state index in [0.717, 1.165) is 5.56 Å². The van der Waals surface area contributed by atoms with Crippen LogP contribution in [-0.2, 0) is 4.79 Å². The first-order valence-corrected chi connectivity index (χ1v) is 6.43. The van der Waals surface area contributed by atoms with Gasteiger partial charge in [-0.05, 0) is 29.7 Å². The fourth-order valence-corrected chi connectivity index (χ4v) is 2.02. The number of hydrogen-bond acceptors (Lipinski definition) is 3. The van der Waals surface area contributed by atoms with E-state index >= 15 is 0 Å². The molecule has 0 aliphatic rings. The summed E-state index contributed by atoms with van der Waals surface area (Å²) in [5, 5.41) is 2.87. The highest BCUT2D eigenvalue weighted by atomic mass is 35.5. The molecule has 1 heterocycles. The molecule has 0 aliphatic carbocycles. The fourth-order valence-electron chi connectivity index (χ4n) is 1.88. The van der Waals surface area contributed by atoms with Gasteiger partial charge in [-0.3, -0.25) is 4.79 Å². The van der Waals surface area contributed by atoms with Gasteiger partial charge < -0.3 is 5.32 Å². The van der Waals surface area contributed by atoms with Crippen molar-refractivity contribution in [3.63, 3.8) is 0 Å². The van der Waals surface area contributed by atoms with E-state index in [9.17, 15) is 4.79 Å². The molecule has 1 amide bonds. The zero-order valence-corrected chi connectivity index (χ0v) is 11.3. The van der Waals surface area contributed by atoms with Gasteiger partial charge in [-0.25, -0.2) is 9.97 Å². The quantitative estimate of drug-likeness (QED) is 0.872. The Kier molecular flexibility index (Phi) is 4.47. The molecule has 1 aromatic heterocycles. The number of nitrogens with zero attached hydrogens (tertiary/aromatic N) is 2. The van der Waals surface area contributed by atoms with Gasteiger partial charge in [-0.1, -0.05) is 37.3 Å². The number of hydrogen-bond donors (Lipinski definition) is 1. The number of halogens is 1. The van der Waals surface area contributed by atoms with E-state index < -0.39 is 0 Å². The predicted molar refractivity (Wildman–Crippen MR) is 75.1 cm³/mol. The third-order valence-corrected chi connectivity index (χ3v) is 2.99. The number of anilines is 1. The molecule has 0 radical (unpaired) electrons. The van der Waals surface area contributed by atoms with E-state index in [0.29, 0.717) is 12.2 Å². The number of carbonyl (C=O) groups excluding carboxylic acids is 1. The summed E-state index contributed by atoms with van der Waals surface area (Å²) in [6.07, 6.45) is 2.23. The van der Waals surface area contributed by atoms with Crippen LogP contribution < -0.4 is 5.32 Å².